The van der Waals surface area contributed by atoms with Gasteiger partial charge in [0.2, 0.25) is 0 Å². The van der Waals surface area contributed by atoms with Crippen molar-refractivity contribution in [3.63, 3.8) is 0 Å². The average Bonchev–Trinajstić information content (AvgIpc) is 1.58. The van der Waals surface area contributed by atoms with Crippen molar-refractivity contribution in [3.8, 4) is 0 Å². The van der Waals surface area contributed by atoms with Gasteiger partial charge in [0.05, 0.1) is 0 Å². The Morgan fingerprint density at radius 2 is 1.25 bits per heavy atom. The molecule has 0 aliphatic rings. The van der Waals surface area contributed by atoms with E-state index in [1.165, 1.54) is 0 Å². The zero-order chi connectivity index (χ0) is 8.15. The fourth-order valence-electron chi connectivity index (χ4n) is 0.587. The molecule has 12 heavy (non-hydrogen) atoms. The molecule has 0 aromatic heterocycles. The maximum Gasteiger partial charge on any atom is 0.317 e. The molecule has 0 aliphatic heterocycles. The van der Waals surface area contributed by atoms with Crippen molar-refractivity contribution in [2.45, 2.75) is 41.2 Å². The molecule has 0 spiro atoms. The van der Waals surface area contributed by atoms with Crippen LogP contribution in [0.15, 0.2) is 0 Å². The SMILES string of the molecule is C.C.CC(O[SiH](C)O)O[SiH](C)O. The standard InChI is InChI=1S/C4H14O4Si2.2CH4/c1-4(7-9(2)5)8-10(3)6;;/h4-6,9-10H,1-3H3;2*1H4. The lowest BCUT2D eigenvalue weighted by molar-refractivity contribution is -0.00640. The monoisotopic (exact) mass is 214 g/mol. The fraction of sp³-hybridized carbons (Fsp3) is 1.00. The molecule has 4 nitrogen and oxygen atoms in total. The molecule has 0 heterocycles. The summed E-state index contributed by atoms with van der Waals surface area (Å²) >= 11 is 0. The molecule has 0 rings (SSSR count). The van der Waals surface area contributed by atoms with Gasteiger partial charge in [-0.25, -0.2) is 0 Å². The van der Waals surface area contributed by atoms with Gasteiger partial charge in [-0.2, -0.15) is 0 Å². The third-order valence-electron chi connectivity index (χ3n) is 0.777. The van der Waals surface area contributed by atoms with E-state index in [1.54, 1.807) is 20.0 Å². The maximum absolute atomic E-state index is 8.81. The van der Waals surface area contributed by atoms with Crippen LogP contribution in [0.25, 0.3) is 0 Å². The van der Waals surface area contributed by atoms with Crippen molar-refractivity contribution in [1.29, 1.82) is 0 Å². The van der Waals surface area contributed by atoms with Gasteiger partial charge in [-0.05, 0) is 20.0 Å². The molecule has 2 atom stereocenters. The zero-order valence-electron chi connectivity index (χ0n) is 6.44. The summed E-state index contributed by atoms with van der Waals surface area (Å²) in [5, 5.41) is 0. The first kappa shape index (κ1) is 18.1. The smallest absolute Gasteiger partial charge is 0.317 e. The van der Waals surface area contributed by atoms with E-state index in [0.717, 1.165) is 0 Å². The van der Waals surface area contributed by atoms with Crippen molar-refractivity contribution in [2.24, 2.45) is 0 Å². The van der Waals surface area contributed by atoms with Crippen LogP contribution < -0.4 is 0 Å². The predicted molar refractivity (Wildman–Crippen MR) is 55.6 cm³/mol. The second-order valence-electron chi connectivity index (χ2n) is 2.04. The van der Waals surface area contributed by atoms with Crippen LogP contribution in [0.1, 0.15) is 21.8 Å². The van der Waals surface area contributed by atoms with E-state index >= 15 is 0 Å². The molecular weight excluding hydrogens is 192 g/mol. The van der Waals surface area contributed by atoms with Crippen molar-refractivity contribution >= 4 is 18.6 Å². The molecular formula is C6H22O4Si2. The molecule has 0 radical (unpaired) electrons. The Hall–Kier alpha value is 0.274. The lowest BCUT2D eigenvalue weighted by Gasteiger charge is -2.16. The Morgan fingerprint density at radius 1 is 1.00 bits per heavy atom. The Morgan fingerprint density at radius 3 is 1.42 bits per heavy atom. The van der Waals surface area contributed by atoms with E-state index in [0.29, 0.717) is 0 Å². The second kappa shape index (κ2) is 9.36. The van der Waals surface area contributed by atoms with Crippen LogP contribution >= 0.6 is 0 Å². The van der Waals surface area contributed by atoms with Crippen LogP contribution in [-0.2, 0) is 8.85 Å². The third kappa shape index (κ3) is 12.9. The molecule has 0 saturated carbocycles. The summed E-state index contributed by atoms with van der Waals surface area (Å²) in [4.78, 5) is 17.6. The van der Waals surface area contributed by atoms with E-state index < -0.39 is 24.9 Å². The molecule has 2 N–H and O–H groups in total. The summed E-state index contributed by atoms with van der Waals surface area (Å²) in [6, 6.07) is 0. The molecule has 0 bridgehead atoms. The first-order chi connectivity index (χ1) is 4.52. The normalized spacial score (nSPS) is 16.8. The average molecular weight is 214 g/mol. The van der Waals surface area contributed by atoms with Gasteiger partial charge in [-0.3, -0.25) is 0 Å². The van der Waals surface area contributed by atoms with Gasteiger partial charge in [0.1, 0.15) is 6.29 Å². The van der Waals surface area contributed by atoms with E-state index in [9.17, 15) is 0 Å². The Bertz CT molecular complexity index is 79.6. The Balaban J connectivity index is -0.000000405. The lowest BCUT2D eigenvalue weighted by Crippen LogP contribution is -2.28. The largest absolute Gasteiger partial charge is 0.413 e. The van der Waals surface area contributed by atoms with Gasteiger partial charge in [-0.1, -0.05) is 14.9 Å². The zero-order valence-corrected chi connectivity index (χ0v) is 8.75. The minimum Gasteiger partial charge on any atom is -0.413 e. The number of hydrogen-bond donors (Lipinski definition) is 2. The maximum atomic E-state index is 8.81. The summed E-state index contributed by atoms with van der Waals surface area (Å²) in [6.45, 7) is 4.92. The molecule has 0 aliphatic carbocycles. The first-order valence-electron chi connectivity index (χ1n) is 3.19. The Labute approximate surface area is 78.8 Å². The van der Waals surface area contributed by atoms with Crippen molar-refractivity contribution in [1.82, 2.24) is 0 Å². The summed E-state index contributed by atoms with van der Waals surface area (Å²) in [5.74, 6) is 0. The molecule has 2 unspecified atom stereocenters. The van der Waals surface area contributed by atoms with Crippen LogP contribution in [0, 0.1) is 0 Å². The minimum atomic E-state index is -2.00. The van der Waals surface area contributed by atoms with E-state index in [1.807, 2.05) is 0 Å². The summed E-state index contributed by atoms with van der Waals surface area (Å²) < 4.78 is 9.82. The molecule has 0 aromatic carbocycles. The topological polar surface area (TPSA) is 58.9 Å². The van der Waals surface area contributed by atoms with E-state index in [-0.39, 0.29) is 14.9 Å². The highest BCUT2D eigenvalue weighted by molar-refractivity contribution is 6.42. The van der Waals surface area contributed by atoms with Gasteiger partial charge >= 0.3 is 18.6 Å². The summed E-state index contributed by atoms with van der Waals surface area (Å²) in [6.07, 6.45) is -0.460. The molecule has 6 heteroatoms. The van der Waals surface area contributed by atoms with Crippen LogP contribution in [0.4, 0.5) is 0 Å². The lowest BCUT2D eigenvalue weighted by atomic mass is 10.8. The summed E-state index contributed by atoms with van der Waals surface area (Å²) in [7, 11) is -4.00. The van der Waals surface area contributed by atoms with Gasteiger partial charge in [0, 0.05) is 0 Å². The molecule has 0 aromatic rings. The molecule has 0 amide bonds. The highest BCUT2D eigenvalue weighted by Crippen LogP contribution is 1.95. The fourth-order valence-corrected chi connectivity index (χ4v) is 1.95. The van der Waals surface area contributed by atoms with Crippen LogP contribution in [0.5, 0.6) is 0 Å². The van der Waals surface area contributed by atoms with Gasteiger partial charge < -0.3 is 18.4 Å². The number of hydrogen-bond acceptors (Lipinski definition) is 4. The van der Waals surface area contributed by atoms with Crippen molar-refractivity contribution in [3.05, 3.63) is 0 Å². The Kier molecular flexibility index (Phi) is 14.2. The van der Waals surface area contributed by atoms with Crippen LogP contribution in [0.3, 0.4) is 0 Å². The third-order valence-corrected chi connectivity index (χ3v) is 2.33. The van der Waals surface area contributed by atoms with Crippen LogP contribution in [-0.4, -0.2) is 34.4 Å². The molecule has 0 saturated heterocycles. The van der Waals surface area contributed by atoms with Gasteiger partial charge in [-0.15, -0.1) is 0 Å². The van der Waals surface area contributed by atoms with Gasteiger partial charge in [0.25, 0.3) is 0 Å². The highest BCUT2D eigenvalue weighted by Gasteiger charge is 2.10. The van der Waals surface area contributed by atoms with E-state index in [4.69, 9.17) is 18.4 Å². The summed E-state index contributed by atoms with van der Waals surface area (Å²) in [5.41, 5.74) is 0. The van der Waals surface area contributed by atoms with Gasteiger partial charge in [0.15, 0.2) is 0 Å². The quantitative estimate of drug-likeness (QED) is 0.523. The van der Waals surface area contributed by atoms with Crippen LogP contribution in [0.2, 0.25) is 13.1 Å². The van der Waals surface area contributed by atoms with E-state index in [2.05, 4.69) is 0 Å². The minimum absolute atomic E-state index is 0. The predicted octanol–water partition coefficient (Wildman–Crippen LogP) is 0.323. The molecule has 78 valence electrons. The van der Waals surface area contributed by atoms with Crippen molar-refractivity contribution < 1.29 is 18.4 Å². The van der Waals surface area contributed by atoms with Crippen molar-refractivity contribution in [2.75, 3.05) is 0 Å². The second-order valence-corrected chi connectivity index (χ2v) is 4.98. The number of rotatable bonds is 4. The molecule has 0 fully saturated rings. The first-order valence-corrected chi connectivity index (χ1v) is 7.48. The highest BCUT2D eigenvalue weighted by atomic mass is 28.3.